The van der Waals surface area contributed by atoms with Crippen LogP contribution in [0.25, 0.3) is 0 Å². The summed E-state index contributed by atoms with van der Waals surface area (Å²) in [5.74, 6) is 1.86. The molecule has 0 heterocycles. The zero-order chi connectivity index (χ0) is 10.7. The molecular formula is C14H20O. The van der Waals surface area contributed by atoms with Gasteiger partial charge in [-0.05, 0) is 48.4 Å². The van der Waals surface area contributed by atoms with Crippen molar-refractivity contribution in [3.8, 4) is 5.75 Å². The summed E-state index contributed by atoms with van der Waals surface area (Å²) in [4.78, 5) is 0. The van der Waals surface area contributed by atoms with Gasteiger partial charge < -0.3 is 4.74 Å². The first kappa shape index (κ1) is 10.5. The van der Waals surface area contributed by atoms with Crippen molar-refractivity contribution in [3.63, 3.8) is 0 Å². The summed E-state index contributed by atoms with van der Waals surface area (Å²) in [6.45, 7) is 5.36. The van der Waals surface area contributed by atoms with Gasteiger partial charge in [0.1, 0.15) is 5.75 Å². The molecule has 1 nitrogen and oxygen atoms in total. The lowest BCUT2D eigenvalue weighted by Gasteiger charge is -2.07. The van der Waals surface area contributed by atoms with Crippen molar-refractivity contribution < 1.29 is 4.74 Å². The number of fused-ring (bicyclic) bond motifs is 1. The van der Waals surface area contributed by atoms with Crippen LogP contribution in [0.15, 0.2) is 18.2 Å². The van der Waals surface area contributed by atoms with Gasteiger partial charge in [0.2, 0.25) is 0 Å². The van der Waals surface area contributed by atoms with Gasteiger partial charge in [0, 0.05) is 0 Å². The Morgan fingerprint density at radius 3 is 2.87 bits per heavy atom. The van der Waals surface area contributed by atoms with E-state index in [4.69, 9.17) is 4.74 Å². The Labute approximate surface area is 92.5 Å². The molecule has 0 bridgehead atoms. The summed E-state index contributed by atoms with van der Waals surface area (Å²) in [5, 5.41) is 0. The van der Waals surface area contributed by atoms with Crippen molar-refractivity contribution in [1.29, 1.82) is 0 Å². The third kappa shape index (κ3) is 2.53. The highest BCUT2D eigenvalue weighted by Crippen LogP contribution is 2.29. The van der Waals surface area contributed by atoms with E-state index in [-0.39, 0.29) is 0 Å². The van der Waals surface area contributed by atoms with Crippen molar-refractivity contribution in [1.82, 2.24) is 0 Å². The Morgan fingerprint density at radius 2 is 2.07 bits per heavy atom. The highest BCUT2D eigenvalue weighted by Gasteiger charge is 2.17. The molecule has 0 aromatic heterocycles. The molecule has 1 aliphatic carbocycles. The van der Waals surface area contributed by atoms with Gasteiger partial charge in [-0.1, -0.05) is 26.3 Å². The summed E-state index contributed by atoms with van der Waals surface area (Å²) < 4.78 is 5.71. The zero-order valence-electron chi connectivity index (χ0n) is 9.75. The second-order valence-corrected chi connectivity index (χ2v) is 4.65. The molecule has 15 heavy (non-hydrogen) atoms. The Morgan fingerprint density at radius 1 is 1.27 bits per heavy atom. The van der Waals surface area contributed by atoms with Crippen LogP contribution in [0.3, 0.4) is 0 Å². The summed E-state index contributed by atoms with van der Waals surface area (Å²) in [6, 6.07) is 6.58. The van der Waals surface area contributed by atoms with Crippen LogP contribution in [-0.2, 0) is 12.8 Å². The lowest BCUT2D eigenvalue weighted by Crippen LogP contribution is -1.97. The van der Waals surface area contributed by atoms with Gasteiger partial charge in [-0.15, -0.1) is 0 Å². The summed E-state index contributed by atoms with van der Waals surface area (Å²) in [7, 11) is 0. The fourth-order valence-electron chi connectivity index (χ4n) is 2.24. The number of hydrogen-bond donors (Lipinski definition) is 0. The molecular weight excluding hydrogens is 184 g/mol. The van der Waals surface area contributed by atoms with Crippen LogP contribution in [0.1, 0.15) is 37.8 Å². The zero-order valence-corrected chi connectivity index (χ0v) is 9.75. The third-order valence-electron chi connectivity index (χ3n) is 3.08. The van der Waals surface area contributed by atoms with Crippen molar-refractivity contribution in [2.45, 2.75) is 39.5 Å². The standard InChI is InChI=1S/C14H20O/c1-3-4-7-15-14-6-5-12-8-11(2)9-13(12)10-14/h5-6,10-11H,3-4,7-9H2,1-2H3. The second kappa shape index (κ2) is 4.69. The van der Waals surface area contributed by atoms with Gasteiger partial charge in [0.25, 0.3) is 0 Å². The van der Waals surface area contributed by atoms with E-state index in [1.807, 2.05) is 0 Å². The number of hydrogen-bond acceptors (Lipinski definition) is 1. The van der Waals surface area contributed by atoms with Gasteiger partial charge in [0.15, 0.2) is 0 Å². The molecule has 0 spiro atoms. The molecule has 2 rings (SSSR count). The Kier molecular flexibility index (Phi) is 3.30. The third-order valence-corrected chi connectivity index (χ3v) is 3.08. The number of rotatable bonds is 4. The molecule has 0 radical (unpaired) electrons. The topological polar surface area (TPSA) is 9.23 Å². The van der Waals surface area contributed by atoms with Gasteiger partial charge in [0.05, 0.1) is 6.61 Å². The van der Waals surface area contributed by atoms with Crippen LogP contribution in [0.4, 0.5) is 0 Å². The molecule has 1 aliphatic rings. The Balaban J connectivity index is 2.00. The minimum atomic E-state index is 0.811. The largest absolute Gasteiger partial charge is 0.494 e. The van der Waals surface area contributed by atoms with Crippen molar-refractivity contribution in [2.24, 2.45) is 5.92 Å². The molecule has 0 saturated carbocycles. The number of ether oxygens (including phenoxy) is 1. The summed E-state index contributed by atoms with van der Waals surface area (Å²) in [6.07, 6.45) is 4.81. The monoisotopic (exact) mass is 204 g/mol. The Bertz CT molecular complexity index is 330. The number of benzene rings is 1. The molecule has 82 valence electrons. The van der Waals surface area contributed by atoms with E-state index < -0.39 is 0 Å². The molecule has 1 aromatic carbocycles. The molecule has 1 unspecified atom stereocenters. The van der Waals surface area contributed by atoms with E-state index in [1.54, 1.807) is 0 Å². The summed E-state index contributed by atoms with van der Waals surface area (Å²) >= 11 is 0. The van der Waals surface area contributed by atoms with E-state index >= 15 is 0 Å². The van der Waals surface area contributed by atoms with E-state index in [9.17, 15) is 0 Å². The van der Waals surface area contributed by atoms with Crippen LogP contribution in [-0.4, -0.2) is 6.61 Å². The fourth-order valence-corrected chi connectivity index (χ4v) is 2.24. The maximum atomic E-state index is 5.71. The van der Waals surface area contributed by atoms with Gasteiger partial charge in [-0.25, -0.2) is 0 Å². The molecule has 0 amide bonds. The minimum absolute atomic E-state index is 0.811. The summed E-state index contributed by atoms with van der Waals surface area (Å²) in [5.41, 5.74) is 3.02. The van der Waals surface area contributed by atoms with E-state index in [1.165, 1.54) is 30.4 Å². The Hall–Kier alpha value is -0.980. The van der Waals surface area contributed by atoms with Crippen LogP contribution in [0, 0.1) is 5.92 Å². The van der Waals surface area contributed by atoms with Crippen molar-refractivity contribution in [3.05, 3.63) is 29.3 Å². The molecule has 1 aromatic rings. The molecule has 0 saturated heterocycles. The molecule has 1 heteroatoms. The van der Waals surface area contributed by atoms with Gasteiger partial charge in [-0.3, -0.25) is 0 Å². The van der Waals surface area contributed by atoms with Crippen molar-refractivity contribution >= 4 is 0 Å². The first-order valence-electron chi connectivity index (χ1n) is 6.04. The maximum Gasteiger partial charge on any atom is 0.119 e. The molecule has 0 fully saturated rings. The predicted octanol–water partition coefficient (Wildman–Crippen LogP) is 3.60. The van der Waals surface area contributed by atoms with Crippen LogP contribution < -0.4 is 4.74 Å². The average molecular weight is 204 g/mol. The van der Waals surface area contributed by atoms with Crippen molar-refractivity contribution in [2.75, 3.05) is 6.61 Å². The van der Waals surface area contributed by atoms with E-state index in [2.05, 4.69) is 32.0 Å². The highest BCUT2D eigenvalue weighted by molar-refractivity contribution is 5.38. The fraction of sp³-hybridized carbons (Fsp3) is 0.571. The lowest BCUT2D eigenvalue weighted by molar-refractivity contribution is 0.309. The normalized spacial score (nSPS) is 18.9. The van der Waals surface area contributed by atoms with E-state index in [0.717, 1.165) is 24.7 Å². The second-order valence-electron chi connectivity index (χ2n) is 4.65. The van der Waals surface area contributed by atoms with Crippen LogP contribution in [0.5, 0.6) is 5.75 Å². The molecule has 0 N–H and O–H groups in total. The SMILES string of the molecule is CCCCOc1ccc2c(c1)CC(C)C2. The predicted molar refractivity (Wildman–Crippen MR) is 63.4 cm³/mol. The van der Waals surface area contributed by atoms with Gasteiger partial charge >= 0.3 is 0 Å². The maximum absolute atomic E-state index is 5.71. The first-order chi connectivity index (χ1) is 7.29. The van der Waals surface area contributed by atoms with Gasteiger partial charge in [-0.2, -0.15) is 0 Å². The highest BCUT2D eigenvalue weighted by atomic mass is 16.5. The van der Waals surface area contributed by atoms with E-state index in [0.29, 0.717) is 0 Å². The lowest BCUT2D eigenvalue weighted by atomic mass is 10.1. The average Bonchev–Trinajstić information content (AvgIpc) is 2.57. The van der Waals surface area contributed by atoms with Crippen LogP contribution >= 0.6 is 0 Å². The first-order valence-corrected chi connectivity index (χ1v) is 6.04. The minimum Gasteiger partial charge on any atom is -0.494 e. The molecule has 0 aliphatic heterocycles. The quantitative estimate of drug-likeness (QED) is 0.681. The smallest absolute Gasteiger partial charge is 0.119 e. The number of unbranched alkanes of at least 4 members (excludes halogenated alkanes) is 1. The molecule has 1 atom stereocenters. The van der Waals surface area contributed by atoms with Crippen LogP contribution in [0.2, 0.25) is 0 Å².